The first-order valence-corrected chi connectivity index (χ1v) is 6.01. The second-order valence-electron chi connectivity index (χ2n) is 6.25. The van der Waals surface area contributed by atoms with Crippen LogP contribution in [0.15, 0.2) is 0 Å². The van der Waals surface area contributed by atoms with Gasteiger partial charge in [-0.25, -0.2) is 0 Å². The van der Waals surface area contributed by atoms with Crippen molar-refractivity contribution in [2.45, 2.75) is 47.6 Å². The van der Waals surface area contributed by atoms with Gasteiger partial charge in [-0.3, -0.25) is 9.69 Å². The maximum atomic E-state index is 11.8. The van der Waals surface area contributed by atoms with E-state index in [1.165, 1.54) is 0 Å². The molecule has 0 N–H and O–H groups in total. The fourth-order valence-corrected chi connectivity index (χ4v) is 2.04. The molecule has 1 atom stereocenters. The number of Topliss-reactive ketones (excluding diaryl/α,β-unsaturated/α-hetero) is 1. The molecule has 0 spiro atoms. The number of hydrogen-bond donors (Lipinski definition) is 0. The number of carbonyl (C=O) groups excluding carboxylic acids is 1. The zero-order valence-electron chi connectivity index (χ0n) is 11.0. The highest BCUT2D eigenvalue weighted by Gasteiger charge is 2.39. The summed E-state index contributed by atoms with van der Waals surface area (Å²) in [7, 11) is 0. The molecule has 1 aliphatic rings. The van der Waals surface area contributed by atoms with Crippen LogP contribution in [0.5, 0.6) is 0 Å². The molecule has 88 valence electrons. The lowest BCUT2D eigenvalue weighted by molar-refractivity contribution is -0.130. The zero-order valence-corrected chi connectivity index (χ0v) is 11.0. The number of rotatable bonds is 3. The van der Waals surface area contributed by atoms with E-state index < -0.39 is 0 Å². The van der Waals surface area contributed by atoms with Crippen molar-refractivity contribution < 1.29 is 4.79 Å². The van der Waals surface area contributed by atoms with E-state index in [1.54, 1.807) is 0 Å². The van der Waals surface area contributed by atoms with Crippen molar-refractivity contribution in [1.29, 1.82) is 0 Å². The van der Waals surface area contributed by atoms with Crippen molar-refractivity contribution in [3.8, 4) is 0 Å². The van der Waals surface area contributed by atoms with Gasteiger partial charge in [0.2, 0.25) is 0 Å². The molecule has 15 heavy (non-hydrogen) atoms. The lowest BCUT2D eigenvalue weighted by atomic mass is 9.75. The zero-order chi connectivity index (χ0) is 11.8. The molecule has 0 aromatic carbocycles. The molecule has 1 fully saturated rings. The van der Waals surface area contributed by atoms with Crippen LogP contribution in [0.25, 0.3) is 0 Å². The minimum Gasteiger partial charge on any atom is -0.298 e. The fourth-order valence-electron chi connectivity index (χ4n) is 2.04. The molecule has 0 saturated carbocycles. The molecule has 1 unspecified atom stereocenters. The van der Waals surface area contributed by atoms with Gasteiger partial charge in [-0.1, -0.05) is 34.6 Å². The van der Waals surface area contributed by atoms with Gasteiger partial charge in [0.1, 0.15) is 0 Å². The summed E-state index contributed by atoms with van der Waals surface area (Å²) in [5.41, 5.74) is 0.386. The third-order valence-electron chi connectivity index (χ3n) is 3.66. The molecule has 0 aliphatic carbocycles. The Kier molecular flexibility index (Phi) is 3.59. The van der Waals surface area contributed by atoms with E-state index in [2.05, 4.69) is 25.7 Å². The Bertz CT molecular complexity index is 233. The van der Waals surface area contributed by atoms with Crippen LogP contribution in [-0.4, -0.2) is 29.8 Å². The van der Waals surface area contributed by atoms with Crippen molar-refractivity contribution in [3.05, 3.63) is 0 Å². The maximum absolute atomic E-state index is 11.8. The summed E-state index contributed by atoms with van der Waals surface area (Å²) in [5, 5.41) is 0. The van der Waals surface area contributed by atoms with Gasteiger partial charge in [0.05, 0.1) is 6.04 Å². The van der Waals surface area contributed by atoms with Crippen molar-refractivity contribution >= 4 is 5.78 Å². The maximum Gasteiger partial charge on any atom is 0.152 e. The average molecular weight is 211 g/mol. The van der Waals surface area contributed by atoms with Crippen LogP contribution in [-0.2, 0) is 4.79 Å². The van der Waals surface area contributed by atoms with E-state index in [9.17, 15) is 4.79 Å². The van der Waals surface area contributed by atoms with Crippen molar-refractivity contribution in [3.63, 3.8) is 0 Å². The summed E-state index contributed by atoms with van der Waals surface area (Å²) in [6.07, 6.45) is 0. The number of nitrogens with zero attached hydrogens (tertiary/aromatic N) is 1. The van der Waals surface area contributed by atoms with Gasteiger partial charge in [-0.05, 0) is 18.3 Å². The topological polar surface area (TPSA) is 20.3 Å². The smallest absolute Gasteiger partial charge is 0.152 e. The van der Waals surface area contributed by atoms with Gasteiger partial charge < -0.3 is 0 Å². The van der Waals surface area contributed by atoms with Crippen molar-refractivity contribution in [2.24, 2.45) is 17.3 Å². The Balaban J connectivity index is 2.42. The van der Waals surface area contributed by atoms with Gasteiger partial charge in [-0.2, -0.15) is 0 Å². The largest absolute Gasteiger partial charge is 0.298 e. The lowest BCUT2D eigenvalue weighted by Gasteiger charge is -2.48. The summed E-state index contributed by atoms with van der Waals surface area (Å²) in [4.78, 5) is 14.1. The molecule has 1 aliphatic heterocycles. The number of likely N-dealkylation sites (tertiary alicyclic amines) is 1. The third-order valence-corrected chi connectivity index (χ3v) is 3.66. The normalized spacial score (nSPS) is 21.5. The minimum atomic E-state index is 0.114. The highest BCUT2D eigenvalue weighted by molar-refractivity contribution is 5.85. The van der Waals surface area contributed by atoms with Crippen LogP contribution in [0.3, 0.4) is 0 Å². The SMILES string of the molecule is CC(C)C(=O)C(C)N1CC(C(C)(C)C)C1. The van der Waals surface area contributed by atoms with Crippen molar-refractivity contribution in [2.75, 3.05) is 13.1 Å². The van der Waals surface area contributed by atoms with Gasteiger partial charge in [0, 0.05) is 19.0 Å². The highest BCUT2D eigenvalue weighted by atomic mass is 16.1. The fraction of sp³-hybridized carbons (Fsp3) is 0.923. The predicted molar refractivity (Wildman–Crippen MR) is 63.8 cm³/mol. The second-order valence-corrected chi connectivity index (χ2v) is 6.25. The second kappa shape index (κ2) is 4.25. The van der Waals surface area contributed by atoms with E-state index in [4.69, 9.17) is 0 Å². The number of hydrogen-bond acceptors (Lipinski definition) is 2. The van der Waals surface area contributed by atoms with Crippen LogP contribution >= 0.6 is 0 Å². The Hall–Kier alpha value is -0.370. The summed E-state index contributed by atoms with van der Waals surface area (Å²) in [6, 6.07) is 0.114. The molecular weight excluding hydrogens is 186 g/mol. The standard InChI is InChI=1S/C13H25NO/c1-9(2)12(15)10(3)14-7-11(8-14)13(4,5)6/h9-11H,7-8H2,1-6H3. The van der Waals surface area contributed by atoms with Gasteiger partial charge in [0.25, 0.3) is 0 Å². The van der Waals surface area contributed by atoms with E-state index in [1.807, 2.05) is 20.8 Å². The monoisotopic (exact) mass is 211 g/mol. The highest BCUT2D eigenvalue weighted by Crippen LogP contribution is 2.34. The van der Waals surface area contributed by atoms with E-state index in [-0.39, 0.29) is 12.0 Å². The number of carbonyl (C=O) groups is 1. The van der Waals surface area contributed by atoms with Crippen LogP contribution < -0.4 is 0 Å². The molecule has 2 nitrogen and oxygen atoms in total. The summed E-state index contributed by atoms with van der Waals surface area (Å²) >= 11 is 0. The van der Waals surface area contributed by atoms with Crippen LogP contribution in [0.2, 0.25) is 0 Å². The molecule has 1 heterocycles. The third kappa shape index (κ3) is 2.81. The van der Waals surface area contributed by atoms with Crippen molar-refractivity contribution in [1.82, 2.24) is 4.90 Å². The van der Waals surface area contributed by atoms with Crippen LogP contribution in [0.4, 0.5) is 0 Å². The van der Waals surface area contributed by atoms with E-state index in [0.717, 1.165) is 19.0 Å². The Labute approximate surface area is 94.0 Å². The molecule has 1 rings (SSSR count). The molecule has 0 aromatic heterocycles. The lowest BCUT2D eigenvalue weighted by Crippen LogP contribution is -2.57. The molecular formula is C13H25NO. The van der Waals surface area contributed by atoms with E-state index >= 15 is 0 Å². The number of ketones is 1. The predicted octanol–water partition coefficient (Wildman–Crippen LogP) is 2.58. The summed E-state index contributed by atoms with van der Waals surface area (Å²) in [5.74, 6) is 1.29. The molecule has 2 heteroatoms. The Morgan fingerprint density at radius 2 is 1.67 bits per heavy atom. The summed E-state index contributed by atoms with van der Waals surface area (Å²) < 4.78 is 0. The van der Waals surface area contributed by atoms with Gasteiger partial charge in [-0.15, -0.1) is 0 Å². The molecule has 1 saturated heterocycles. The first-order valence-electron chi connectivity index (χ1n) is 6.01. The average Bonchev–Trinajstić information content (AvgIpc) is 1.96. The first-order chi connectivity index (χ1) is 6.73. The Morgan fingerprint density at radius 1 is 1.20 bits per heavy atom. The van der Waals surface area contributed by atoms with Crippen LogP contribution in [0.1, 0.15) is 41.5 Å². The van der Waals surface area contributed by atoms with Gasteiger partial charge in [0.15, 0.2) is 5.78 Å². The molecule has 0 amide bonds. The Morgan fingerprint density at radius 3 is 2.00 bits per heavy atom. The summed E-state index contributed by atoms with van der Waals surface area (Å²) in [6.45, 7) is 15.0. The van der Waals surface area contributed by atoms with Crippen LogP contribution in [0, 0.1) is 17.3 Å². The molecule has 0 aromatic rings. The molecule has 0 bridgehead atoms. The van der Waals surface area contributed by atoms with Gasteiger partial charge >= 0.3 is 0 Å². The minimum absolute atomic E-state index is 0.114. The first kappa shape index (κ1) is 12.7. The van der Waals surface area contributed by atoms with E-state index in [0.29, 0.717) is 11.2 Å². The molecule has 0 radical (unpaired) electrons. The quantitative estimate of drug-likeness (QED) is 0.715.